The minimum atomic E-state index is -3.70. The smallest absolute Gasteiger partial charge is 0.264 e. The SMILES string of the molecule is CCc1ccc(N(CC(C)C)S(=O)(=O)c2ccc(OCc3c(C)noc3C)cc2)cc1. The van der Waals surface area contributed by atoms with Crippen LogP contribution in [0.4, 0.5) is 5.69 Å². The summed E-state index contributed by atoms with van der Waals surface area (Å²) in [5.41, 5.74) is 3.53. The predicted molar refractivity (Wildman–Crippen MR) is 122 cm³/mol. The lowest BCUT2D eigenvalue weighted by Crippen LogP contribution is -2.34. The van der Waals surface area contributed by atoms with E-state index in [-0.39, 0.29) is 10.8 Å². The fourth-order valence-corrected chi connectivity index (χ4v) is 4.90. The number of sulfonamides is 1. The maximum absolute atomic E-state index is 13.4. The van der Waals surface area contributed by atoms with Gasteiger partial charge >= 0.3 is 0 Å². The van der Waals surface area contributed by atoms with Gasteiger partial charge in [0.2, 0.25) is 0 Å². The molecule has 7 heteroatoms. The Morgan fingerprint density at radius 2 is 1.68 bits per heavy atom. The van der Waals surface area contributed by atoms with E-state index in [9.17, 15) is 8.42 Å². The molecule has 0 saturated heterocycles. The van der Waals surface area contributed by atoms with Crippen molar-refractivity contribution < 1.29 is 17.7 Å². The van der Waals surface area contributed by atoms with Crippen LogP contribution < -0.4 is 9.04 Å². The van der Waals surface area contributed by atoms with Crippen LogP contribution >= 0.6 is 0 Å². The quantitative estimate of drug-likeness (QED) is 0.450. The highest BCUT2D eigenvalue weighted by Gasteiger charge is 2.25. The van der Waals surface area contributed by atoms with Crippen LogP contribution in [0.25, 0.3) is 0 Å². The highest BCUT2D eigenvalue weighted by molar-refractivity contribution is 7.92. The zero-order valence-corrected chi connectivity index (χ0v) is 19.6. The van der Waals surface area contributed by atoms with Crippen LogP contribution in [-0.2, 0) is 23.1 Å². The van der Waals surface area contributed by atoms with E-state index in [1.165, 1.54) is 9.87 Å². The summed E-state index contributed by atoms with van der Waals surface area (Å²) in [5, 5.41) is 3.92. The number of ether oxygens (including phenoxy) is 1. The molecule has 1 aromatic heterocycles. The van der Waals surface area contributed by atoms with E-state index in [2.05, 4.69) is 12.1 Å². The van der Waals surface area contributed by atoms with Crippen molar-refractivity contribution in [1.82, 2.24) is 5.16 Å². The Balaban J connectivity index is 1.82. The van der Waals surface area contributed by atoms with Crippen molar-refractivity contribution in [3.8, 4) is 5.75 Å². The highest BCUT2D eigenvalue weighted by atomic mass is 32.2. The first-order valence-corrected chi connectivity index (χ1v) is 11.9. The molecule has 0 fully saturated rings. The van der Waals surface area contributed by atoms with Gasteiger partial charge in [0.25, 0.3) is 10.0 Å². The minimum Gasteiger partial charge on any atom is -0.489 e. The highest BCUT2D eigenvalue weighted by Crippen LogP contribution is 2.27. The summed E-state index contributed by atoms with van der Waals surface area (Å²) in [6.07, 6.45) is 0.909. The Morgan fingerprint density at radius 3 is 2.19 bits per heavy atom. The average Bonchev–Trinajstić information content (AvgIpc) is 3.08. The number of anilines is 1. The molecule has 3 aromatic rings. The summed E-state index contributed by atoms with van der Waals surface area (Å²) >= 11 is 0. The summed E-state index contributed by atoms with van der Waals surface area (Å²) < 4.78 is 39.3. The third-order valence-corrected chi connectivity index (χ3v) is 6.95. The van der Waals surface area contributed by atoms with Crippen molar-refractivity contribution in [2.45, 2.75) is 52.5 Å². The summed E-state index contributed by atoms with van der Waals surface area (Å²) in [7, 11) is -3.70. The van der Waals surface area contributed by atoms with Gasteiger partial charge in [0.1, 0.15) is 18.1 Å². The van der Waals surface area contributed by atoms with Crippen LogP contribution in [0.15, 0.2) is 57.9 Å². The Bertz CT molecular complexity index is 1080. The van der Waals surface area contributed by atoms with E-state index in [1.807, 2.05) is 52.0 Å². The molecule has 0 unspecified atom stereocenters. The first kappa shape index (κ1) is 22.9. The lowest BCUT2D eigenvalue weighted by atomic mass is 10.1. The van der Waals surface area contributed by atoms with Crippen LogP contribution in [0, 0.1) is 19.8 Å². The fourth-order valence-electron chi connectivity index (χ4n) is 3.27. The monoisotopic (exact) mass is 442 g/mol. The average molecular weight is 443 g/mol. The largest absolute Gasteiger partial charge is 0.489 e. The normalized spacial score (nSPS) is 11.7. The molecular formula is C24H30N2O4S. The second-order valence-corrected chi connectivity index (χ2v) is 9.88. The van der Waals surface area contributed by atoms with Crippen LogP contribution in [0.2, 0.25) is 0 Å². The van der Waals surface area contributed by atoms with Crippen molar-refractivity contribution in [3.63, 3.8) is 0 Å². The molecule has 0 radical (unpaired) electrons. The van der Waals surface area contributed by atoms with Gasteiger partial charge < -0.3 is 9.26 Å². The standard InChI is InChI=1S/C24H30N2O4S/c1-6-20-7-9-21(10-8-20)26(15-17(2)3)31(27,28)23-13-11-22(12-14-23)29-16-24-18(4)25-30-19(24)5/h7-14,17H,6,15-16H2,1-5H3. The van der Waals surface area contributed by atoms with Crippen molar-refractivity contribution in [2.24, 2.45) is 5.92 Å². The van der Waals surface area contributed by atoms with Crippen LogP contribution in [-0.4, -0.2) is 20.1 Å². The molecule has 0 N–H and O–H groups in total. The molecule has 2 aromatic carbocycles. The number of aryl methyl sites for hydroxylation is 3. The van der Waals surface area contributed by atoms with Crippen LogP contribution in [0.1, 0.15) is 43.4 Å². The van der Waals surface area contributed by atoms with E-state index < -0.39 is 10.0 Å². The second kappa shape index (κ2) is 9.56. The molecule has 0 spiro atoms. The molecule has 6 nitrogen and oxygen atoms in total. The number of hydrogen-bond acceptors (Lipinski definition) is 5. The van der Waals surface area contributed by atoms with Gasteiger partial charge in [0, 0.05) is 6.54 Å². The number of hydrogen-bond donors (Lipinski definition) is 0. The van der Waals surface area contributed by atoms with Crippen molar-refractivity contribution >= 4 is 15.7 Å². The van der Waals surface area contributed by atoms with E-state index in [0.29, 0.717) is 24.6 Å². The Labute approximate surface area is 184 Å². The maximum atomic E-state index is 13.4. The molecule has 0 amide bonds. The first-order chi connectivity index (χ1) is 14.7. The summed E-state index contributed by atoms with van der Waals surface area (Å²) in [6, 6.07) is 14.2. The third-order valence-electron chi connectivity index (χ3n) is 5.14. The molecule has 1 heterocycles. The molecule has 0 aliphatic carbocycles. The molecule has 0 saturated carbocycles. The first-order valence-electron chi connectivity index (χ1n) is 10.5. The molecular weight excluding hydrogens is 412 g/mol. The molecule has 0 aliphatic rings. The predicted octanol–water partition coefficient (Wildman–Crippen LogP) is 5.28. The lowest BCUT2D eigenvalue weighted by molar-refractivity contribution is 0.301. The van der Waals surface area contributed by atoms with Gasteiger partial charge in [-0.25, -0.2) is 8.42 Å². The summed E-state index contributed by atoms with van der Waals surface area (Å²) in [6.45, 7) is 10.5. The fraction of sp³-hybridized carbons (Fsp3) is 0.375. The number of rotatable bonds is 9. The van der Waals surface area contributed by atoms with Gasteiger partial charge in [-0.15, -0.1) is 0 Å². The Morgan fingerprint density at radius 1 is 1.03 bits per heavy atom. The van der Waals surface area contributed by atoms with Gasteiger partial charge in [0.15, 0.2) is 0 Å². The number of nitrogens with zero attached hydrogens (tertiary/aromatic N) is 2. The van der Waals surface area contributed by atoms with Crippen molar-refractivity contribution in [3.05, 3.63) is 71.1 Å². The molecule has 0 aliphatic heterocycles. The van der Waals surface area contributed by atoms with Gasteiger partial charge in [-0.3, -0.25) is 4.31 Å². The molecule has 31 heavy (non-hydrogen) atoms. The molecule has 0 atom stereocenters. The van der Waals surface area contributed by atoms with E-state index in [0.717, 1.165) is 23.4 Å². The van der Waals surface area contributed by atoms with Gasteiger partial charge in [0.05, 0.1) is 21.8 Å². The second-order valence-electron chi connectivity index (χ2n) is 8.01. The van der Waals surface area contributed by atoms with Gasteiger partial charge in [-0.05, 0) is 68.1 Å². The zero-order valence-electron chi connectivity index (χ0n) is 18.8. The van der Waals surface area contributed by atoms with E-state index in [4.69, 9.17) is 9.26 Å². The third kappa shape index (κ3) is 5.28. The number of aromatic nitrogens is 1. The minimum absolute atomic E-state index is 0.179. The molecule has 166 valence electrons. The Kier molecular flexibility index (Phi) is 7.05. The van der Waals surface area contributed by atoms with E-state index >= 15 is 0 Å². The topological polar surface area (TPSA) is 72.6 Å². The molecule has 0 bridgehead atoms. The number of benzene rings is 2. The lowest BCUT2D eigenvalue weighted by Gasteiger charge is -2.26. The van der Waals surface area contributed by atoms with Crippen molar-refractivity contribution in [2.75, 3.05) is 10.8 Å². The van der Waals surface area contributed by atoms with Crippen LogP contribution in [0.5, 0.6) is 5.75 Å². The summed E-state index contributed by atoms with van der Waals surface area (Å²) in [5.74, 6) is 1.48. The summed E-state index contributed by atoms with van der Waals surface area (Å²) in [4.78, 5) is 0.234. The van der Waals surface area contributed by atoms with Gasteiger partial charge in [-0.2, -0.15) is 0 Å². The van der Waals surface area contributed by atoms with Crippen molar-refractivity contribution in [1.29, 1.82) is 0 Å². The Hall–Kier alpha value is -2.80. The maximum Gasteiger partial charge on any atom is 0.264 e. The van der Waals surface area contributed by atoms with E-state index in [1.54, 1.807) is 24.3 Å². The zero-order chi connectivity index (χ0) is 22.6. The van der Waals surface area contributed by atoms with Gasteiger partial charge in [-0.1, -0.05) is 38.1 Å². The molecule has 3 rings (SSSR count). The van der Waals surface area contributed by atoms with Crippen LogP contribution in [0.3, 0.4) is 0 Å².